The second kappa shape index (κ2) is 5.68. The molecule has 1 aliphatic heterocycles. The molecule has 0 bridgehead atoms. The third kappa shape index (κ3) is 3.49. The molecule has 0 fully saturated rings. The number of rotatable bonds is 5. The van der Waals surface area contributed by atoms with Crippen molar-refractivity contribution in [1.82, 2.24) is 15.3 Å². The zero-order valence-electron chi connectivity index (χ0n) is 8.83. The molecule has 0 atom stereocenters. The van der Waals surface area contributed by atoms with Gasteiger partial charge in [0.05, 0.1) is 19.8 Å². The standard InChI is InChI=1S/C11H17N3O/c1(10-2-7-15-8-3-10)4-12-9-11-13-5-6-14-11/h2,5-6,12H,1,3-4,7-9H2,(H,13,14). The Morgan fingerprint density at radius 2 is 2.53 bits per heavy atom. The molecule has 1 aromatic rings. The number of nitrogens with zero attached hydrogens (tertiary/aromatic N) is 1. The number of aromatic amines is 1. The minimum absolute atomic E-state index is 0.785. The molecular formula is C11H17N3O. The van der Waals surface area contributed by atoms with Crippen LogP contribution in [0.25, 0.3) is 0 Å². The van der Waals surface area contributed by atoms with Gasteiger partial charge >= 0.3 is 0 Å². The maximum atomic E-state index is 5.25. The van der Waals surface area contributed by atoms with Gasteiger partial charge in [-0.25, -0.2) is 4.98 Å². The normalized spacial score (nSPS) is 16.4. The number of imidazole rings is 1. The Hall–Kier alpha value is -1.13. The quantitative estimate of drug-likeness (QED) is 0.564. The minimum Gasteiger partial charge on any atom is -0.377 e. The molecular weight excluding hydrogens is 190 g/mol. The first-order chi connectivity index (χ1) is 7.45. The predicted octanol–water partition coefficient (Wildman–Crippen LogP) is 1.24. The Labute approximate surface area is 89.7 Å². The first-order valence-electron chi connectivity index (χ1n) is 5.40. The molecule has 0 aliphatic carbocycles. The van der Waals surface area contributed by atoms with Gasteiger partial charge in [-0.05, 0) is 19.4 Å². The highest BCUT2D eigenvalue weighted by Crippen LogP contribution is 2.10. The van der Waals surface area contributed by atoms with E-state index >= 15 is 0 Å². The second-order valence-electron chi connectivity index (χ2n) is 3.65. The highest BCUT2D eigenvalue weighted by molar-refractivity contribution is 5.04. The van der Waals surface area contributed by atoms with Crippen LogP contribution < -0.4 is 5.32 Å². The summed E-state index contributed by atoms with van der Waals surface area (Å²) < 4.78 is 5.25. The number of hydrogen-bond donors (Lipinski definition) is 2. The van der Waals surface area contributed by atoms with E-state index in [0.29, 0.717) is 0 Å². The molecule has 0 amide bonds. The second-order valence-corrected chi connectivity index (χ2v) is 3.65. The highest BCUT2D eigenvalue weighted by Gasteiger charge is 2.02. The summed E-state index contributed by atoms with van der Waals surface area (Å²) in [4.78, 5) is 7.22. The predicted molar refractivity (Wildman–Crippen MR) is 58.4 cm³/mol. The average Bonchev–Trinajstić information content (AvgIpc) is 2.79. The van der Waals surface area contributed by atoms with Crippen molar-refractivity contribution in [3.8, 4) is 0 Å². The Bertz CT molecular complexity index is 306. The molecule has 1 aliphatic rings. The Morgan fingerprint density at radius 3 is 3.27 bits per heavy atom. The van der Waals surface area contributed by atoms with Crippen molar-refractivity contribution in [3.05, 3.63) is 29.9 Å². The van der Waals surface area contributed by atoms with Crippen molar-refractivity contribution < 1.29 is 4.74 Å². The minimum atomic E-state index is 0.785. The fourth-order valence-electron chi connectivity index (χ4n) is 1.64. The van der Waals surface area contributed by atoms with Crippen molar-refractivity contribution >= 4 is 0 Å². The van der Waals surface area contributed by atoms with Gasteiger partial charge in [0.2, 0.25) is 0 Å². The molecule has 2 N–H and O–H groups in total. The molecule has 4 nitrogen and oxygen atoms in total. The molecule has 2 heterocycles. The summed E-state index contributed by atoms with van der Waals surface area (Å²) in [5, 5.41) is 3.36. The molecule has 82 valence electrons. The van der Waals surface area contributed by atoms with E-state index in [2.05, 4.69) is 21.4 Å². The van der Waals surface area contributed by atoms with Crippen LogP contribution >= 0.6 is 0 Å². The molecule has 15 heavy (non-hydrogen) atoms. The van der Waals surface area contributed by atoms with Gasteiger partial charge in [-0.2, -0.15) is 0 Å². The number of H-pyrrole nitrogens is 1. The number of aromatic nitrogens is 2. The smallest absolute Gasteiger partial charge is 0.120 e. The number of hydrogen-bond acceptors (Lipinski definition) is 3. The lowest BCUT2D eigenvalue weighted by molar-refractivity contribution is 0.153. The van der Waals surface area contributed by atoms with Gasteiger partial charge in [0.1, 0.15) is 5.82 Å². The topological polar surface area (TPSA) is 49.9 Å². The van der Waals surface area contributed by atoms with E-state index < -0.39 is 0 Å². The summed E-state index contributed by atoms with van der Waals surface area (Å²) in [6.45, 7) is 3.49. The zero-order valence-corrected chi connectivity index (χ0v) is 8.83. The summed E-state index contributed by atoms with van der Waals surface area (Å²) in [5.41, 5.74) is 1.51. The fraction of sp³-hybridized carbons (Fsp3) is 0.545. The van der Waals surface area contributed by atoms with Crippen LogP contribution in [0, 0.1) is 0 Å². The SMILES string of the molecule is C1=C(CCNCc2ncc[nH]2)CCOC1. The largest absolute Gasteiger partial charge is 0.377 e. The van der Waals surface area contributed by atoms with Crippen molar-refractivity contribution in [3.63, 3.8) is 0 Å². The van der Waals surface area contributed by atoms with E-state index in [0.717, 1.165) is 45.0 Å². The summed E-state index contributed by atoms with van der Waals surface area (Å²) >= 11 is 0. The zero-order chi connectivity index (χ0) is 10.3. The summed E-state index contributed by atoms with van der Waals surface area (Å²) in [7, 11) is 0. The molecule has 0 saturated carbocycles. The molecule has 1 aromatic heterocycles. The Morgan fingerprint density at radius 1 is 1.53 bits per heavy atom. The van der Waals surface area contributed by atoms with Gasteiger partial charge in [-0.1, -0.05) is 11.6 Å². The molecule has 0 radical (unpaired) electrons. The van der Waals surface area contributed by atoms with E-state index in [9.17, 15) is 0 Å². The van der Waals surface area contributed by atoms with E-state index in [4.69, 9.17) is 4.74 Å². The van der Waals surface area contributed by atoms with E-state index in [1.807, 2.05) is 6.20 Å². The van der Waals surface area contributed by atoms with Gasteiger partial charge in [0.15, 0.2) is 0 Å². The lowest BCUT2D eigenvalue weighted by atomic mass is 10.1. The van der Waals surface area contributed by atoms with Crippen LogP contribution in [-0.2, 0) is 11.3 Å². The van der Waals surface area contributed by atoms with Crippen LogP contribution in [0.1, 0.15) is 18.7 Å². The van der Waals surface area contributed by atoms with Gasteiger partial charge in [0.25, 0.3) is 0 Å². The molecule has 0 spiro atoms. The van der Waals surface area contributed by atoms with Gasteiger partial charge in [0, 0.05) is 12.4 Å². The molecule has 0 saturated heterocycles. The molecule has 4 heteroatoms. The maximum absolute atomic E-state index is 5.25. The van der Waals surface area contributed by atoms with E-state index in [1.165, 1.54) is 5.57 Å². The highest BCUT2D eigenvalue weighted by atomic mass is 16.5. The monoisotopic (exact) mass is 207 g/mol. The van der Waals surface area contributed by atoms with Crippen molar-refractivity contribution in [2.75, 3.05) is 19.8 Å². The van der Waals surface area contributed by atoms with Crippen molar-refractivity contribution in [1.29, 1.82) is 0 Å². The molecule has 0 aromatic carbocycles. The van der Waals surface area contributed by atoms with E-state index in [-0.39, 0.29) is 0 Å². The summed E-state index contributed by atoms with van der Waals surface area (Å²) in [5.74, 6) is 0.996. The van der Waals surface area contributed by atoms with E-state index in [1.54, 1.807) is 6.20 Å². The lowest BCUT2D eigenvalue weighted by Crippen LogP contribution is -2.17. The number of nitrogens with one attached hydrogen (secondary N) is 2. The lowest BCUT2D eigenvalue weighted by Gasteiger charge is -2.13. The Balaban J connectivity index is 1.60. The Kier molecular flexibility index (Phi) is 3.93. The van der Waals surface area contributed by atoms with Crippen molar-refractivity contribution in [2.45, 2.75) is 19.4 Å². The van der Waals surface area contributed by atoms with Crippen LogP contribution in [-0.4, -0.2) is 29.7 Å². The van der Waals surface area contributed by atoms with Crippen LogP contribution in [0.4, 0.5) is 0 Å². The van der Waals surface area contributed by atoms with Crippen LogP contribution in [0.3, 0.4) is 0 Å². The third-order valence-electron chi connectivity index (χ3n) is 2.53. The average molecular weight is 207 g/mol. The van der Waals surface area contributed by atoms with Gasteiger partial charge < -0.3 is 15.0 Å². The first kappa shape index (κ1) is 10.4. The van der Waals surface area contributed by atoms with Gasteiger partial charge in [-0.15, -0.1) is 0 Å². The van der Waals surface area contributed by atoms with Crippen molar-refractivity contribution in [2.24, 2.45) is 0 Å². The third-order valence-corrected chi connectivity index (χ3v) is 2.53. The van der Waals surface area contributed by atoms with Crippen LogP contribution in [0.2, 0.25) is 0 Å². The summed E-state index contributed by atoms with van der Waals surface area (Å²) in [6, 6.07) is 0. The van der Waals surface area contributed by atoms with Gasteiger partial charge in [-0.3, -0.25) is 0 Å². The summed E-state index contributed by atoms with van der Waals surface area (Å²) in [6.07, 6.45) is 8.01. The number of ether oxygens (including phenoxy) is 1. The first-order valence-corrected chi connectivity index (χ1v) is 5.40. The maximum Gasteiger partial charge on any atom is 0.120 e. The van der Waals surface area contributed by atoms with Crippen LogP contribution in [0.15, 0.2) is 24.0 Å². The fourth-order valence-corrected chi connectivity index (χ4v) is 1.64. The van der Waals surface area contributed by atoms with Crippen LogP contribution in [0.5, 0.6) is 0 Å². The molecule has 0 unspecified atom stereocenters. The molecule has 2 rings (SSSR count).